The number of hydrogen-bond acceptors (Lipinski definition) is 2. The lowest BCUT2D eigenvalue weighted by atomic mass is 10.1. The molecule has 1 heterocycles. The maximum Gasteiger partial charge on any atom is 0.120 e. The Morgan fingerprint density at radius 2 is 1.12 bits per heavy atom. The van der Waals surface area contributed by atoms with Crippen LogP contribution in [0.5, 0.6) is 11.5 Å². The molecule has 0 fully saturated rings. The van der Waals surface area contributed by atoms with Crippen molar-refractivity contribution in [1.82, 2.24) is 4.57 Å². The molecule has 0 spiro atoms. The summed E-state index contributed by atoms with van der Waals surface area (Å²) in [4.78, 5) is 0. The average Bonchev–Trinajstić information content (AvgIpc) is 3.27. The van der Waals surface area contributed by atoms with Gasteiger partial charge in [-0.1, -0.05) is 90.5 Å². The largest absolute Gasteiger partial charge is 0.489 e. The van der Waals surface area contributed by atoms with Gasteiger partial charge in [-0.15, -0.1) is 0 Å². The number of rotatable bonds is 9. The van der Waals surface area contributed by atoms with Crippen molar-refractivity contribution in [2.45, 2.75) is 33.6 Å². The first-order valence-corrected chi connectivity index (χ1v) is 13.8. The molecule has 0 radical (unpaired) electrons. The molecule has 6 aromatic rings. The van der Waals surface area contributed by atoms with Crippen molar-refractivity contribution in [3.8, 4) is 22.8 Å². The second kappa shape index (κ2) is 11.5. The SMILES string of the molecule is Cc1ccc(Cn2c(-c3ccc(OCc4ccccc4)cc3)c(C)c3cc(OCc4ccccc4)ccc32)cc1. The lowest BCUT2D eigenvalue weighted by Gasteiger charge is -2.14. The highest BCUT2D eigenvalue weighted by Gasteiger charge is 2.17. The van der Waals surface area contributed by atoms with Crippen LogP contribution in [0.4, 0.5) is 0 Å². The van der Waals surface area contributed by atoms with E-state index in [4.69, 9.17) is 9.47 Å². The molecule has 0 N–H and O–H groups in total. The van der Waals surface area contributed by atoms with E-state index in [1.54, 1.807) is 0 Å². The van der Waals surface area contributed by atoms with Gasteiger partial charge in [0.05, 0.1) is 5.69 Å². The zero-order valence-corrected chi connectivity index (χ0v) is 23.0. The third kappa shape index (κ3) is 5.64. The van der Waals surface area contributed by atoms with Gasteiger partial charge in [-0.25, -0.2) is 0 Å². The number of hydrogen-bond donors (Lipinski definition) is 0. The van der Waals surface area contributed by atoms with Gasteiger partial charge >= 0.3 is 0 Å². The second-order valence-corrected chi connectivity index (χ2v) is 10.3. The molecule has 3 heteroatoms. The van der Waals surface area contributed by atoms with Crippen molar-refractivity contribution in [2.75, 3.05) is 0 Å². The van der Waals surface area contributed by atoms with Crippen molar-refractivity contribution in [3.63, 3.8) is 0 Å². The molecule has 0 saturated carbocycles. The van der Waals surface area contributed by atoms with E-state index in [9.17, 15) is 0 Å². The number of benzene rings is 5. The molecule has 6 rings (SSSR count). The zero-order chi connectivity index (χ0) is 27.3. The quantitative estimate of drug-likeness (QED) is 0.189. The van der Waals surface area contributed by atoms with Crippen LogP contribution in [-0.2, 0) is 19.8 Å². The third-order valence-electron chi connectivity index (χ3n) is 7.37. The molecule has 0 aliphatic heterocycles. The van der Waals surface area contributed by atoms with Gasteiger partial charge in [0, 0.05) is 17.4 Å². The number of fused-ring (bicyclic) bond motifs is 1. The van der Waals surface area contributed by atoms with Gasteiger partial charge in [-0.05, 0) is 84.1 Å². The van der Waals surface area contributed by atoms with Crippen molar-refractivity contribution < 1.29 is 9.47 Å². The van der Waals surface area contributed by atoms with E-state index >= 15 is 0 Å². The minimum Gasteiger partial charge on any atom is -0.489 e. The first-order chi connectivity index (χ1) is 19.6. The molecule has 1 aromatic heterocycles. The van der Waals surface area contributed by atoms with Gasteiger partial charge in [0.25, 0.3) is 0 Å². The first-order valence-electron chi connectivity index (χ1n) is 13.8. The van der Waals surface area contributed by atoms with Gasteiger partial charge in [-0.3, -0.25) is 0 Å². The minimum absolute atomic E-state index is 0.548. The summed E-state index contributed by atoms with van der Waals surface area (Å²) in [6.45, 7) is 6.23. The van der Waals surface area contributed by atoms with Crippen molar-refractivity contribution >= 4 is 10.9 Å². The van der Waals surface area contributed by atoms with E-state index in [0.29, 0.717) is 13.2 Å². The standard InChI is InChI=1S/C37H33NO2/c1-27-13-15-29(16-14-27)24-38-36-22-21-34(40-26-31-11-7-4-8-12-31)23-35(36)28(2)37(38)32-17-19-33(20-18-32)39-25-30-9-5-3-6-10-30/h3-23H,24-26H2,1-2H3. The molecule has 3 nitrogen and oxygen atoms in total. The molecule has 0 aliphatic carbocycles. The summed E-state index contributed by atoms with van der Waals surface area (Å²) in [5, 5.41) is 1.21. The van der Waals surface area contributed by atoms with Crippen molar-refractivity contribution in [1.29, 1.82) is 0 Å². The predicted molar refractivity (Wildman–Crippen MR) is 164 cm³/mol. The van der Waals surface area contributed by atoms with Crippen LogP contribution in [0.2, 0.25) is 0 Å². The smallest absolute Gasteiger partial charge is 0.120 e. The summed E-state index contributed by atoms with van der Waals surface area (Å²) in [7, 11) is 0. The second-order valence-electron chi connectivity index (χ2n) is 10.3. The zero-order valence-electron chi connectivity index (χ0n) is 23.0. The van der Waals surface area contributed by atoms with E-state index in [2.05, 4.69) is 109 Å². The van der Waals surface area contributed by atoms with Crippen molar-refractivity contribution in [2.24, 2.45) is 0 Å². The van der Waals surface area contributed by atoms with Gasteiger partial charge in [0.2, 0.25) is 0 Å². The normalized spacial score (nSPS) is 11.1. The van der Waals surface area contributed by atoms with Crippen LogP contribution in [0.25, 0.3) is 22.2 Å². The molecule has 0 unspecified atom stereocenters. The number of ether oxygens (including phenoxy) is 2. The fourth-order valence-corrected chi connectivity index (χ4v) is 5.19. The average molecular weight is 524 g/mol. The molecular weight excluding hydrogens is 490 g/mol. The fourth-order valence-electron chi connectivity index (χ4n) is 5.19. The number of aryl methyl sites for hydroxylation is 2. The summed E-state index contributed by atoms with van der Waals surface area (Å²) >= 11 is 0. The molecule has 198 valence electrons. The molecular formula is C37H33NO2. The highest BCUT2D eigenvalue weighted by Crippen LogP contribution is 2.36. The monoisotopic (exact) mass is 523 g/mol. The predicted octanol–water partition coefficient (Wildman–Crippen LogP) is 9.13. The topological polar surface area (TPSA) is 23.4 Å². The van der Waals surface area contributed by atoms with Crippen molar-refractivity contribution in [3.05, 3.63) is 155 Å². The van der Waals surface area contributed by atoms with Gasteiger partial charge in [-0.2, -0.15) is 0 Å². The van der Waals surface area contributed by atoms with Crippen LogP contribution in [0, 0.1) is 13.8 Å². The van der Waals surface area contributed by atoms with Gasteiger partial charge in [0.15, 0.2) is 0 Å². The van der Waals surface area contributed by atoms with Crippen LogP contribution >= 0.6 is 0 Å². The Morgan fingerprint density at radius 1 is 0.550 bits per heavy atom. The Bertz CT molecular complexity index is 1700. The van der Waals surface area contributed by atoms with Crippen LogP contribution in [0.15, 0.2) is 127 Å². The molecule has 5 aromatic carbocycles. The summed E-state index contributed by atoms with van der Waals surface area (Å²) < 4.78 is 14.7. The number of aromatic nitrogens is 1. The Balaban J connectivity index is 1.33. The lowest BCUT2D eigenvalue weighted by molar-refractivity contribution is 0.306. The fraction of sp³-hybridized carbons (Fsp3) is 0.135. The Kier molecular flexibility index (Phi) is 7.37. The third-order valence-corrected chi connectivity index (χ3v) is 7.37. The summed E-state index contributed by atoms with van der Waals surface area (Å²) in [5.74, 6) is 1.74. The Hall–Kier alpha value is -4.76. The maximum absolute atomic E-state index is 6.19. The van der Waals surface area contributed by atoms with Crippen LogP contribution in [0.3, 0.4) is 0 Å². The summed E-state index contributed by atoms with van der Waals surface area (Å²) in [6.07, 6.45) is 0. The highest BCUT2D eigenvalue weighted by atomic mass is 16.5. The molecule has 0 amide bonds. The highest BCUT2D eigenvalue weighted by molar-refractivity contribution is 5.92. The summed E-state index contributed by atoms with van der Waals surface area (Å²) in [6, 6.07) is 44.3. The molecule has 0 saturated heterocycles. The van der Waals surface area contributed by atoms with E-state index in [0.717, 1.165) is 29.2 Å². The van der Waals surface area contributed by atoms with E-state index in [1.165, 1.54) is 38.9 Å². The maximum atomic E-state index is 6.19. The van der Waals surface area contributed by atoms with Gasteiger partial charge in [0.1, 0.15) is 24.7 Å². The van der Waals surface area contributed by atoms with Gasteiger partial charge < -0.3 is 14.0 Å². The van der Waals surface area contributed by atoms with E-state index in [1.807, 2.05) is 36.4 Å². The Morgan fingerprint density at radius 3 is 1.75 bits per heavy atom. The summed E-state index contributed by atoms with van der Waals surface area (Å²) in [5.41, 5.74) is 9.68. The molecule has 0 bridgehead atoms. The molecule has 0 aliphatic rings. The Labute approximate surface area is 236 Å². The van der Waals surface area contributed by atoms with Crippen LogP contribution in [0.1, 0.15) is 27.8 Å². The van der Waals surface area contributed by atoms with Crippen LogP contribution < -0.4 is 9.47 Å². The molecule has 0 atom stereocenters. The van der Waals surface area contributed by atoms with Crippen LogP contribution in [-0.4, -0.2) is 4.57 Å². The minimum atomic E-state index is 0.548. The van der Waals surface area contributed by atoms with E-state index in [-0.39, 0.29) is 0 Å². The molecule has 40 heavy (non-hydrogen) atoms. The first kappa shape index (κ1) is 25.5. The number of nitrogens with zero attached hydrogens (tertiary/aromatic N) is 1. The van der Waals surface area contributed by atoms with E-state index < -0.39 is 0 Å². The lowest BCUT2D eigenvalue weighted by Crippen LogP contribution is -2.02.